The van der Waals surface area contributed by atoms with E-state index < -0.39 is 0 Å². The maximum absolute atomic E-state index is 9.21. The van der Waals surface area contributed by atoms with Crippen molar-refractivity contribution in [2.75, 3.05) is 6.61 Å². The molecular formula is C10H21NO. The number of rotatable bonds is 5. The van der Waals surface area contributed by atoms with Crippen LogP contribution in [0.1, 0.15) is 46.0 Å². The molecule has 0 amide bonds. The Labute approximate surface area is 75.4 Å². The minimum absolute atomic E-state index is 0.0939. The van der Waals surface area contributed by atoms with Gasteiger partial charge in [0.15, 0.2) is 0 Å². The Hall–Kier alpha value is -0.0800. The molecule has 0 saturated heterocycles. The van der Waals surface area contributed by atoms with Crippen molar-refractivity contribution in [2.45, 2.75) is 57.5 Å². The van der Waals surface area contributed by atoms with Gasteiger partial charge in [0, 0.05) is 11.6 Å². The molecule has 1 rings (SSSR count). The van der Waals surface area contributed by atoms with Gasteiger partial charge in [-0.1, -0.05) is 13.8 Å². The monoisotopic (exact) mass is 171 g/mol. The number of hydrogen-bond donors (Lipinski definition) is 2. The quantitative estimate of drug-likeness (QED) is 0.659. The van der Waals surface area contributed by atoms with Gasteiger partial charge in [-0.2, -0.15) is 0 Å². The van der Waals surface area contributed by atoms with Crippen LogP contribution in [-0.4, -0.2) is 23.3 Å². The highest BCUT2D eigenvalue weighted by Gasteiger charge is 2.36. The lowest BCUT2D eigenvalue weighted by Crippen LogP contribution is -2.57. The topological polar surface area (TPSA) is 32.3 Å². The van der Waals surface area contributed by atoms with Crippen LogP contribution in [0.25, 0.3) is 0 Å². The molecule has 1 aliphatic rings. The molecule has 2 N–H and O–H groups in total. The van der Waals surface area contributed by atoms with Crippen molar-refractivity contribution in [3.8, 4) is 0 Å². The smallest absolute Gasteiger partial charge is 0.0613 e. The summed E-state index contributed by atoms with van der Waals surface area (Å²) in [5, 5.41) is 12.8. The molecule has 1 aliphatic carbocycles. The minimum atomic E-state index is 0.0939. The largest absolute Gasteiger partial charge is 0.394 e. The molecule has 0 bridgehead atoms. The molecular weight excluding hydrogens is 150 g/mol. The van der Waals surface area contributed by atoms with Crippen LogP contribution in [0.3, 0.4) is 0 Å². The van der Waals surface area contributed by atoms with Crippen molar-refractivity contribution in [3.05, 3.63) is 0 Å². The zero-order valence-electron chi connectivity index (χ0n) is 8.27. The lowest BCUT2D eigenvalue weighted by molar-refractivity contribution is 0.0753. The van der Waals surface area contributed by atoms with Crippen LogP contribution in [0.15, 0.2) is 0 Å². The van der Waals surface area contributed by atoms with E-state index in [2.05, 4.69) is 19.2 Å². The molecule has 0 aromatic carbocycles. The third kappa shape index (κ3) is 1.99. The molecule has 12 heavy (non-hydrogen) atoms. The Kier molecular flexibility index (Phi) is 3.53. The molecule has 0 atom stereocenters. The van der Waals surface area contributed by atoms with Crippen molar-refractivity contribution in [2.24, 2.45) is 0 Å². The fraction of sp³-hybridized carbons (Fsp3) is 1.00. The SMILES string of the molecule is CCC(CC)NC1(CO)CCC1. The van der Waals surface area contributed by atoms with Crippen molar-refractivity contribution in [3.63, 3.8) is 0 Å². The first-order valence-corrected chi connectivity index (χ1v) is 5.15. The molecule has 1 saturated carbocycles. The number of nitrogens with one attached hydrogen (secondary N) is 1. The molecule has 0 unspecified atom stereocenters. The Morgan fingerprint density at radius 1 is 1.33 bits per heavy atom. The highest BCUT2D eigenvalue weighted by atomic mass is 16.3. The van der Waals surface area contributed by atoms with Gasteiger partial charge in [-0.3, -0.25) is 0 Å². The Bertz CT molecular complexity index is 122. The first kappa shape index (κ1) is 10.0. The van der Waals surface area contributed by atoms with E-state index in [1.807, 2.05) is 0 Å². The maximum atomic E-state index is 9.21. The van der Waals surface area contributed by atoms with Gasteiger partial charge >= 0.3 is 0 Å². The van der Waals surface area contributed by atoms with Gasteiger partial charge in [0.25, 0.3) is 0 Å². The first-order valence-electron chi connectivity index (χ1n) is 5.15. The van der Waals surface area contributed by atoms with E-state index >= 15 is 0 Å². The molecule has 0 aliphatic heterocycles. The number of aliphatic hydroxyl groups excluding tert-OH is 1. The summed E-state index contributed by atoms with van der Waals surface area (Å²) >= 11 is 0. The van der Waals surface area contributed by atoms with E-state index in [-0.39, 0.29) is 5.54 Å². The van der Waals surface area contributed by atoms with Crippen molar-refractivity contribution < 1.29 is 5.11 Å². The summed E-state index contributed by atoms with van der Waals surface area (Å²) in [6, 6.07) is 0.595. The average Bonchev–Trinajstić information content (AvgIpc) is 2.05. The van der Waals surface area contributed by atoms with Crippen LogP contribution in [-0.2, 0) is 0 Å². The number of hydrogen-bond acceptors (Lipinski definition) is 2. The van der Waals surface area contributed by atoms with Crippen LogP contribution in [0.2, 0.25) is 0 Å². The Balaban J connectivity index is 2.35. The Morgan fingerprint density at radius 2 is 1.92 bits per heavy atom. The third-order valence-corrected chi connectivity index (χ3v) is 3.11. The van der Waals surface area contributed by atoms with E-state index in [4.69, 9.17) is 0 Å². The predicted octanol–water partition coefficient (Wildman–Crippen LogP) is 1.68. The molecule has 0 radical (unpaired) electrons. The van der Waals surface area contributed by atoms with Gasteiger partial charge in [-0.25, -0.2) is 0 Å². The molecule has 0 heterocycles. The molecule has 72 valence electrons. The lowest BCUT2D eigenvalue weighted by atomic mass is 9.76. The summed E-state index contributed by atoms with van der Waals surface area (Å²) in [5.74, 6) is 0. The zero-order chi connectivity index (χ0) is 9.03. The molecule has 2 heteroatoms. The zero-order valence-corrected chi connectivity index (χ0v) is 8.27. The molecule has 1 fully saturated rings. The summed E-state index contributed by atoms with van der Waals surface area (Å²) in [6.45, 7) is 4.71. The van der Waals surface area contributed by atoms with E-state index in [1.165, 1.54) is 6.42 Å². The van der Waals surface area contributed by atoms with E-state index in [9.17, 15) is 5.11 Å². The summed E-state index contributed by atoms with van der Waals surface area (Å²) in [6.07, 6.45) is 5.91. The third-order valence-electron chi connectivity index (χ3n) is 3.11. The van der Waals surface area contributed by atoms with Crippen LogP contribution < -0.4 is 5.32 Å². The standard InChI is InChI=1S/C10H21NO/c1-3-9(4-2)11-10(8-12)6-5-7-10/h9,11-12H,3-8H2,1-2H3. The van der Waals surface area contributed by atoms with E-state index in [1.54, 1.807) is 0 Å². The van der Waals surface area contributed by atoms with Gasteiger partial charge in [0.1, 0.15) is 0 Å². The molecule has 0 aromatic heterocycles. The molecule has 0 spiro atoms. The second-order valence-corrected chi connectivity index (χ2v) is 3.95. The fourth-order valence-electron chi connectivity index (χ4n) is 1.88. The second kappa shape index (κ2) is 4.24. The molecule has 0 aromatic rings. The Morgan fingerprint density at radius 3 is 2.17 bits per heavy atom. The normalized spacial score (nSPS) is 21.0. The van der Waals surface area contributed by atoms with Crippen molar-refractivity contribution in [1.82, 2.24) is 5.32 Å². The molecule has 2 nitrogen and oxygen atoms in total. The van der Waals surface area contributed by atoms with Gasteiger partial charge in [0.2, 0.25) is 0 Å². The average molecular weight is 171 g/mol. The van der Waals surface area contributed by atoms with E-state index in [0.29, 0.717) is 12.6 Å². The lowest BCUT2D eigenvalue weighted by Gasteiger charge is -2.43. The van der Waals surface area contributed by atoms with Crippen LogP contribution in [0.5, 0.6) is 0 Å². The van der Waals surface area contributed by atoms with Crippen LogP contribution in [0, 0.1) is 0 Å². The first-order chi connectivity index (χ1) is 5.76. The summed E-state index contributed by atoms with van der Waals surface area (Å²) in [7, 11) is 0. The predicted molar refractivity (Wildman–Crippen MR) is 51.2 cm³/mol. The van der Waals surface area contributed by atoms with Gasteiger partial charge in [-0.05, 0) is 32.1 Å². The van der Waals surface area contributed by atoms with Crippen LogP contribution in [0.4, 0.5) is 0 Å². The number of aliphatic hydroxyl groups is 1. The highest BCUT2D eigenvalue weighted by molar-refractivity contribution is 4.96. The van der Waals surface area contributed by atoms with Crippen LogP contribution >= 0.6 is 0 Å². The minimum Gasteiger partial charge on any atom is -0.394 e. The highest BCUT2D eigenvalue weighted by Crippen LogP contribution is 2.32. The van der Waals surface area contributed by atoms with Crippen molar-refractivity contribution >= 4 is 0 Å². The maximum Gasteiger partial charge on any atom is 0.0613 e. The van der Waals surface area contributed by atoms with Gasteiger partial charge in [0.05, 0.1) is 6.61 Å². The fourth-order valence-corrected chi connectivity index (χ4v) is 1.88. The summed E-state index contributed by atoms with van der Waals surface area (Å²) in [4.78, 5) is 0. The second-order valence-electron chi connectivity index (χ2n) is 3.95. The summed E-state index contributed by atoms with van der Waals surface area (Å²) < 4.78 is 0. The van der Waals surface area contributed by atoms with Gasteiger partial charge in [-0.15, -0.1) is 0 Å². The summed E-state index contributed by atoms with van der Waals surface area (Å²) in [5.41, 5.74) is 0.0939. The van der Waals surface area contributed by atoms with Crippen molar-refractivity contribution in [1.29, 1.82) is 0 Å². The van der Waals surface area contributed by atoms with Gasteiger partial charge < -0.3 is 10.4 Å². The van der Waals surface area contributed by atoms with E-state index in [0.717, 1.165) is 25.7 Å².